The molecule has 8 heteroatoms. The molecule has 0 saturated heterocycles. The zero-order valence-corrected chi connectivity index (χ0v) is 21.4. The van der Waals surface area contributed by atoms with Gasteiger partial charge in [-0.05, 0) is 85.5 Å². The Labute approximate surface area is 220 Å². The number of carboxylic acid groups (broad SMARTS) is 1. The van der Waals surface area contributed by atoms with Crippen LogP contribution in [0.1, 0.15) is 34.8 Å². The Kier molecular flexibility index (Phi) is 8.07. The van der Waals surface area contributed by atoms with Crippen LogP contribution < -0.4 is 9.47 Å². The van der Waals surface area contributed by atoms with Crippen LogP contribution in [0.4, 0.5) is 0 Å². The van der Waals surface area contributed by atoms with Gasteiger partial charge in [0.1, 0.15) is 30.3 Å². The lowest BCUT2D eigenvalue weighted by Gasteiger charge is -2.36. The summed E-state index contributed by atoms with van der Waals surface area (Å²) in [6.07, 6.45) is 2.28. The Morgan fingerprint density at radius 1 is 1.03 bits per heavy atom. The molecule has 1 aliphatic rings. The quantitative estimate of drug-likeness (QED) is 0.373. The topological polar surface area (TPSA) is 76.1 Å². The van der Waals surface area contributed by atoms with Crippen LogP contribution in [0.25, 0.3) is 0 Å². The molecule has 0 fully saturated rings. The number of carbonyl (C=O) groups excluding carboxylic acids is 1. The number of amides is 1. The molecular weight excluding hydrogens is 501 g/mol. The van der Waals surface area contributed by atoms with Crippen LogP contribution in [0.5, 0.6) is 11.5 Å². The number of rotatable bonds is 9. The zero-order valence-electron chi connectivity index (χ0n) is 19.9. The highest BCUT2D eigenvalue weighted by molar-refractivity contribution is 6.30. The third kappa shape index (κ3) is 6.71. The maximum absolute atomic E-state index is 13.2. The largest absolute Gasteiger partial charge is 0.492 e. The third-order valence-electron chi connectivity index (χ3n) is 6.14. The first kappa shape index (κ1) is 25.9. The summed E-state index contributed by atoms with van der Waals surface area (Å²) in [5.41, 5.74) is 2.12. The highest BCUT2D eigenvalue weighted by atomic mass is 35.5. The fraction of sp³-hybridized carbons (Fsp3) is 0.286. The number of carboxylic acids is 1. The summed E-state index contributed by atoms with van der Waals surface area (Å²) in [7, 11) is 0. The van der Waals surface area contributed by atoms with Crippen molar-refractivity contribution >= 4 is 35.1 Å². The Hall–Kier alpha value is -3.22. The van der Waals surface area contributed by atoms with E-state index < -0.39 is 12.5 Å². The summed E-state index contributed by atoms with van der Waals surface area (Å²) in [4.78, 5) is 25.9. The molecule has 0 bridgehead atoms. The van der Waals surface area contributed by atoms with Crippen molar-refractivity contribution in [1.29, 1.82) is 0 Å². The van der Waals surface area contributed by atoms with Gasteiger partial charge in [0.05, 0.1) is 6.54 Å². The molecule has 1 aliphatic heterocycles. The second kappa shape index (κ2) is 11.2. The fourth-order valence-corrected chi connectivity index (χ4v) is 4.54. The van der Waals surface area contributed by atoms with Crippen molar-refractivity contribution in [3.05, 3.63) is 93.5 Å². The molecule has 0 unspecified atom stereocenters. The summed E-state index contributed by atoms with van der Waals surface area (Å²) in [5, 5.41) is 10.6. The maximum Gasteiger partial charge on any atom is 0.323 e. The van der Waals surface area contributed by atoms with Crippen molar-refractivity contribution in [1.82, 2.24) is 4.90 Å². The number of carbonyl (C=O) groups is 2. The number of fused-ring (bicyclic) bond motifs is 1. The van der Waals surface area contributed by atoms with Crippen molar-refractivity contribution in [2.45, 2.75) is 31.8 Å². The fourth-order valence-electron chi connectivity index (χ4n) is 4.28. The van der Waals surface area contributed by atoms with Crippen LogP contribution in [-0.2, 0) is 17.6 Å². The smallest absolute Gasteiger partial charge is 0.323 e. The molecule has 4 rings (SSSR count). The number of aryl methyl sites for hydroxylation is 1. The Balaban J connectivity index is 1.42. The van der Waals surface area contributed by atoms with Crippen LogP contribution in [0, 0.1) is 0 Å². The highest BCUT2D eigenvalue weighted by Gasteiger charge is 2.32. The molecule has 3 aromatic rings. The number of halogens is 2. The first-order chi connectivity index (χ1) is 17.2. The van der Waals surface area contributed by atoms with Gasteiger partial charge in [-0.25, -0.2) is 0 Å². The first-order valence-corrected chi connectivity index (χ1v) is 12.4. The van der Waals surface area contributed by atoms with E-state index in [1.807, 2.05) is 24.3 Å². The number of benzene rings is 3. The van der Waals surface area contributed by atoms with Crippen LogP contribution in [0.3, 0.4) is 0 Å². The molecule has 0 aromatic heterocycles. The van der Waals surface area contributed by atoms with Gasteiger partial charge in [-0.2, -0.15) is 0 Å². The van der Waals surface area contributed by atoms with Gasteiger partial charge in [-0.3, -0.25) is 9.59 Å². The number of ether oxygens (including phenoxy) is 2. The maximum atomic E-state index is 13.2. The standard InChI is InChI=1S/C28H27Cl2NO5/c1-28(17-19-2-5-22(29)6-3-19)13-12-20-16-21(4-11-25(20)36-28)27(34)31(18-26(32)33)14-15-35-24-9-7-23(30)8-10-24/h2-11,16H,12-15,17-18H2,1H3,(H,32,33)/t28-/m0/s1. The molecule has 0 spiro atoms. The molecule has 0 aliphatic carbocycles. The van der Waals surface area contributed by atoms with Crippen molar-refractivity contribution in [2.75, 3.05) is 19.7 Å². The van der Waals surface area contributed by atoms with Crippen molar-refractivity contribution < 1.29 is 24.2 Å². The molecule has 3 aromatic carbocycles. The van der Waals surface area contributed by atoms with E-state index in [4.69, 9.17) is 32.7 Å². The van der Waals surface area contributed by atoms with Crippen LogP contribution in [-0.4, -0.2) is 47.2 Å². The van der Waals surface area contributed by atoms with Gasteiger partial charge >= 0.3 is 5.97 Å². The van der Waals surface area contributed by atoms with E-state index in [1.54, 1.807) is 42.5 Å². The van der Waals surface area contributed by atoms with Gasteiger partial charge < -0.3 is 19.5 Å². The minimum atomic E-state index is -1.09. The molecule has 1 amide bonds. The van der Waals surface area contributed by atoms with E-state index in [0.29, 0.717) is 21.4 Å². The monoisotopic (exact) mass is 527 g/mol. The van der Waals surface area contributed by atoms with E-state index >= 15 is 0 Å². The first-order valence-electron chi connectivity index (χ1n) is 11.7. The van der Waals surface area contributed by atoms with Crippen molar-refractivity contribution in [2.24, 2.45) is 0 Å². The normalized spacial score (nSPS) is 16.5. The van der Waals surface area contributed by atoms with Crippen LogP contribution in [0.2, 0.25) is 10.0 Å². The zero-order chi connectivity index (χ0) is 25.7. The summed E-state index contributed by atoms with van der Waals surface area (Å²) in [5.74, 6) is -0.122. The summed E-state index contributed by atoms with van der Waals surface area (Å²) in [6.45, 7) is 1.94. The lowest BCUT2D eigenvalue weighted by Crippen LogP contribution is -2.39. The average molecular weight is 528 g/mol. The lowest BCUT2D eigenvalue weighted by atomic mass is 9.87. The molecular formula is C28H27Cl2NO5. The second-order valence-corrected chi connectivity index (χ2v) is 9.97. The molecule has 1 heterocycles. The van der Waals surface area contributed by atoms with E-state index in [0.717, 1.165) is 36.1 Å². The Morgan fingerprint density at radius 3 is 2.36 bits per heavy atom. The van der Waals surface area contributed by atoms with Gasteiger partial charge in [0.25, 0.3) is 5.91 Å². The summed E-state index contributed by atoms with van der Waals surface area (Å²) in [6, 6.07) is 19.9. The van der Waals surface area contributed by atoms with Gasteiger partial charge in [0.2, 0.25) is 0 Å². The number of hydrogen-bond acceptors (Lipinski definition) is 4. The summed E-state index contributed by atoms with van der Waals surface area (Å²) < 4.78 is 12.0. The van der Waals surface area contributed by atoms with Crippen molar-refractivity contribution in [3.8, 4) is 11.5 Å². The molecule has 1 N–H and O–H groups in total. The molecule has 188 valence electrons. The number of nitrogens with zero attached hydrogens (tertiary/aromatic N) is 1. The SMILES string of the molecule is C[C@@]1(Cc2ccc(Cl)cc2)CCc2cc(C(=O)N(CCOc3ccc(Cl)cc3)CC(=O)O)ccc2O1. The molecule has 6 nitrogen and oxygen atoms in total. The Morgan fingerprint density at radius 2 is 1.69 bits per heavy atom. The van der Waals surface area contributed by atoms with E-state index in [9.17, 15) is 14.7 Å². The van der Waals surface area contributed by atoms with Crippen LogP contribution in [0.15, 0.2) is 66.7 Å². The van der Waals surface area contributed by atoms with Gasteiger partial charge in [-0.15, -0.1) is 0 Å². The minimum absolute atomic E-state index is 0.126. The van der Waals surface area contributed by atoms with Gasteiger partial charge in [-0.1, -0.05) is 35.3 Å². The van der Waals surface area contributed by atoms with Gasteiger partial charge in [0, 0.05) is 22.0 Å². The van der Waals surface area contributed by atoms with Crippen LogP contribution >= 0.6 is 23.2 Å². The minimum Gasteiger partial charge on any atom is -0.492 e. The van der Waals surface area contributed by atoms with E-state index in [-0.39, 0.29) is 24.7 Å². The second-order valence-electron chi connectivity index (χ2n) is 9.10. The predicted molar refractivity (Wildman–Crippen MR) is 139 cm³/mol. The molecule has 36 heavy (non-hydrogen) atoms. The number of hydrogen-bond donors (Lipinski definition) is 1. The molecule has 0 radical (unpaired) electrons. The Bertz CT molecular complexity index is 1230. The predicted octanol–water partition coefficient (Wildman–Crippen LogP) is 5.93. The highest BCUT2D eigenvalue weighted by Crippen LogP contribution is 2.36. The average Bonchev–Trinajstić information content (AvgIpc) is 2.85. The lowest BCUT2D eigenvalue weighted by molar-refractivity contribution is -0.137. The van der Waals surface area contributed by atoms with E-state index in [2.05, 4.69) is 6.92 Å². The molecule has 1 atom stereocenters. The molecule has 0 saturated carbocycles. The van der Waals surface area contributed by atoms with Gasteiger partial charge in [0.15, 0.2) is 0 Å². The summed E-state index contributed by atoms with van der Waals surface area (Å²) >= 11 is 11.9. The van der Waals surface area contributed by atoms with Crippen molar-refractivity contribution in [3.63, 3.8) is 0 Å². The number of aliphatic carboxylic acids is 1. The third-order valence-corrected chi connectivity index (χ3v) is 6.64. The van der Waals surface area contributed by atoms with E-state index in [1.165, 1.54) is 4.90 Å².